The quantitative estimate of drug-likeness (QED) is 0.907. The van der Waals surface area contributed by atoms with Crippen LogP contribution in [0.1, 0.15) is 44.8 Å². The van der Waals surface area contributed by atoms with Gasteiger partial charge in [0.1, 0.15) is 17.5 Å². The Morgan fingerprint density at radius 3 is 2.52 bits per heavy atom. The first kappa shape index (κ1) is 15.3. The smallest absolute Gasteiger partial charge is 0.139 e. The van der Waals surface area contributed by atoms with Gasteiger partial charge in [-0.25, -0.2) is 9.97 Å². The topological polar surface area (TPSA) is 81.7 Å². The molecular formula is C15H24N6. The summed E-state index contributed by atoms with van der Waals surface area (Å²) in [5.41, 5.74) is 8.70. The second kappa shape index (κ2) is 5.35. The Hall–Kier alpha value is -2.11. The molecule has 0 fully saturated rings. The van der Waals surface area contributed by atoms with Crippen molar-refractivity contribution in [1.82, 2.24) is 19.7 Å². The van der Waals surface area contributed by atoms with Crippen LogP contribution >= 0.6 is 0 Å². The normalized spacial score (nSPS) is 11.7. The Bertz CT molecular complexity index is 651. The first-order valence-corrected chi connectivity index (χ1v) is 7.16. The van der Waals surface area contributed by atoms with Crippen LogP contribution in [0.5, 0.6) is 0 Å². The van der Waals surface area contributed by atoms with Gasteiger partial charge in [-0.15, -0.1) is 0 Å². The average Bonchev–Trinajstić information content (AvgIpc) is 2.73. The zero-order valence-electron chi connectivity index (χ0n) is 13.7. The van der Waals surface area contributed by atoms with Gasteiger partial charge in [0.2, 0.25) is 0 Å². The summed E-state index contributed by atoms with van der Waals surface area (Å²) in [6, 6.07) is 0. The minimum absolute atomic E-state index is 0.152. The minimum Gasteiger partial charge on any atom is -0.383 e. The fourth-order valence-corrected chi connectivity index (χ4v) is 2.02. The van der Waals surface area contributed by atoms with E-state index in [0.717, 1.165) is 35.0 Å². The van der Waals surface area contributed by atoms with Gasteiger partial charge in [-0.05, 0) is 13.3 Å². The number of nitrogens with zero attached hydrogens (tertiary/aromatic N) is 4. The first-order chi connectivity index (χ1) is 9.72. The van der Waals surface area contributed by atoms with E-state index in [1.807, 2.05) is 20.2 Å². The van der Waals surface area contributed by atoms with Crippen molar-refractivity contribution in [3.05, 3.63) is 23.3 Å². The monoisotopic (exact) mass is 288 g/mol. The summed E-state index contributed by atoms with van der Waals surface area (Å²) >= 11 is 0. The van der Waals surface area contributed by atoms with Gasteiger partial charge in [0.15, 0.2) is 0 Å². The van der Waals surface area contributed by atoms with Gasteiger partial charge >= 0.3 is 0 Å². The van der Waals surface area contributed by atoms with Crippen molar-refractivity contribution in [2.24, 2.45) is 7.05 Å². The molecule has 0 spiro atoms. The summed E-state index contributed by atoms with van der Waals surface area (Å²) in [5.74, 6) is 1.99. The molecule has 0 atom stereocenters. The molecule has 0 bridgehead atoms. The third-order valence-corrected chi connectivity index (χ3v) is 3.35. The van der Waals surface area contributed by atoms with E-state index >= 15 is 0 Å². The van der Waals surface area contributed by atoms with E-state index < -0.39 is 0 Å². The molecule has 0 saturated carbocycles. The Labute approximate surface area is 125 Å². The molecule has 6 heteroatoms. The van der Waals surface area contributed by atoms with Crippen molar-refractivity contribution < 1.29 is 0 Å². The lowest BCUT2D eigenvalue weighted by Gasteiger charge is -2.19. The first-order valence-electron chi connectivity index (χ1n) is 7.16. The molecule has 0 aromatic carbocycles. The number of aromatic nitrogens is 4. The molecule has 0 aliphatic carbocycles. The van der Waals surface area contributed by atoms with Crippen LogP contribution in [0.25, 0.3) is 0 Å². The van der Waals surface area contributed by atoms with Crippen molar-refractivity contribution in [3.63, 3.8) is 0 Å². The lowest BCUT2D eigenvalue weighted by molar-refractivity contribution is 0.546. The fourth-order valence-electron chi connectivity index (χ4n) is 2.02. The molecule has 21 heavy (non-hydrogen) atoms. The Morgan fingerprint density at radius 1 is 1.29 bits per heavy atom. The third-order valence-electron chi connectivity index (χ3n) is 3.35. The highest BCUT2D eigenvalue weighted by atomic mass is 15.3. The predicted octanol–water partition coefficient (Wildman–Crippen LogP) is 2.70. The molecule has 114 valence electrons. The highest BCUT2D eigenvalue weighted by Crippen LogP contribution is 2.27. The Morgan fingerprint density at radius 2 is 1.95 bits per heavy atom. The number of nitrogens with one attached hydrogen (secondary N) is 1. The molecule has 0 amide bonds. The highest BCUT2D eigenvalue weighted by Gasteiger charge is 2.21. The van der Waals surface area contributed by atoms with Crippen molar-refractivity contribution >= 4 is 17.3 Å². The van der Waals surface area contributed by atoms with Crippen LogP contribution in [0.3, 0.4) is 0 Å². The van der Waals surface area contributed by atoms with Crippen LogP contribution in [-0.2, 0) is 18.9 Å². The van der Waals surface area contributed by atoms with Crippen LogP contribution in [0.4, 0.5) is 17.3 Å². The molecular weight excluding hydrogens is 264 g/mol. The van der Waals surface area contributed by atoms with Gasteiger partial charge in [-0.1, -0.05) is 27.7 Å². The summed E-state index contributed by atoms with van der Waals surface area (Å²) in [5, 5.41) is 7.78. The maximum Gasteiger partial charge on any atom is 0.139 e. The van der Waals surface area contributed by atoms with Crippen LogP contribution in [0.2, 0.25) is 0 Å². The molecule has 3 N–H and O–H groups in total. The van der Waals surface area contributed by atoms with E-state index in [-0.39, 0.29) is 5.41 Å². The van der Waals surface area contributed by atoms with E-state index in [2.05, 4.69) is 48.1 Å². The van der Waals surface area contributed by atoms with Gasteiger partial charge < -0.3 is 11.1 Å². The Balaban J connectivity index is 2.46. The molecule has 0 radical (unpaired) electrons. The van der Waals surface area contributed by atoms with Crippen molar-refractivity contribution in [2.75, 3.05) is 11.1 Å². The van der Waals surface area contributed by atoms with Gasteiger partial charge in [0.05, 0.1) is 11.4 Å². The van der Waals surface area contributed by atoms with Gasteiger partial charge in [-0.3, -0.25) is 4.68 Å². The summed E-state index contributed by atoms with van der Waals surface area (Å²) in [7, 11) is 1.91. The van der Waals surface area contributed by atoms with E-state index in [0.29, 0.717) is 5.82 Å². The largest absolute Gasteiger partial charge is 0.383 e. The van der Waals surface area contributed by atoms with Gasteiger partial charge in [0, 0.05) is 24.2 Å². The van der Waals surface area contributed by atoms with E-state index in [1.165, 1.54) is 0 Å². The molecule has 6 nitrogen and oxygen atoms in total. The maximum atomic E-state index is 6.04. The number of anilines is 3. The molecule has 0 aliphatic heterocycles. The fraction of sp³-hybridized carbons (Fsp3) is 0.533. The Kier molecular flexibility index (Phi) is 3.89. The zero-order chi connectivity index (χ0) is 15.8. The van der Waals surface area contributed by atoms with Crippen molar-refractivity contribution in [3.8, 4) is 0 Å². The number of nitrogens with two attached hydrogens (primary N) is 1. The standard InChI is InChI=1S/C15H24N6/c1-7-10-11(8-21(6)20-10)17-13-9(2)12(16)18-14(19-13)15(3,4)5/h8H,7H2,1-6H3,(H3,16,17,18,19). The lowest BCUT2D eigenvalue weighted by atomic mass is 9.95. The minimum atomic E-state index is -0.152. The molecule has 2 aromatic rings. The van der Waals surface area contributed by atoms with Crippen LogP contribution in [-0.4, -0.2) is 19.7 Å². The lowest BCUT2D eigenvalue weighted by Crippen LogP contribution is -2.19. The number of rotatable bonds is 3. The van der Waals surface area contributed by atoms with E-state index in [4.69, 9.17) is 5.73 Å². The SMILES string of the molecule is CCc1nn(C)cc1Nc1nc(C(C)(C)C)nc(N)c1C. The van der Waals surface area contributed by atoms with E-state index in [1.54, 1.807) is 4.68 Å². The molecule has 0 saturated heterocycles. The molecule has 0 unspecified atom stereocenters. The van der Waals surface area contributed by atoms with E-state index in [9.17, 15) is 0 Å². The van der Waals surface area contributed by atoms with Gasteiger partial charge in [0.25, 0.3) is 0 Å². The third kappa shape index (κ3) is 3.15. The number of nitrogen functional groups attached to an aromatic ring is 1. The van der Waals surface area contributed by atoms with Crippen LogP contribution in [0.15, 0.2) is 6.20 Å². The highest BCUT2D eigenvalue weighted by molar-refractivity contribution is 5.64. The summed E-state index contributed by atoms with van der Waals surface area (Å²) < 4.78 is 1.80. The number of hydrogen-bond acceptors (Lipinski definition) is 5. The second-order valence-electron chi connectivity index (χ2n) is 6.30. The molecule has 0 aliphatic rings. The number of aryl methyl sites for hydroxylation is 2. The van der Waals surface area contributed by atoms with Crippen molar-refractivity contribution in [2.45, 2.75) is 46.5 Å². The van der Waals surface area contributed by atoms with Crippen molar-refractivity contribution in [1.29, 1.82) is 0 Å². The van der Waals surface area contributed by atoms with Crippen LogP contribution < -0.4 is 11.1 Å². The molecule has 2 aromatic heterocycles. The molecule has 2 heterocycles. The number of hydrogen-bond donors (Lipinski definition) is 2. The van der Waals surface area contributed by atoms with Crippen LogP contribution in [0, 0.1) is 6.92 Å². The second-order valence-corrected chi connectivity index (χ2v) is 6.30. The maximum absolute atomic E-state index is 6.04. The molecule has 2 rings (SSSR count). The average molecular weight is 288 g/mol. The summed E-state index contributed by atoms with van der Waals surface area (Å²) in [4.78, 5) is 9.04. The summed E-state index contributed by atoms with van der Waals surface area (Å²) in [6.45, 7) is 10.2. The summed E-state index contributed by atoms with van der Waals surface area (Å²) in [6.07, 6.45) is 2.81. The zero-order valence-corrected chi connectivity index (χ0v) is 13.7. The van der Waals surface area contributed by atoms with Gasteiger partial charge in [-0.2, -0.15) is 5.10 Å². The predicted molar refractivity (Wildman–Crippen MR) is 85.8 cm³/mol.